The number of carbonyl (C=O) groups is 1. The minimum absolute atomic E-state index is 0.146. The molecule has 5 heteroatoms. The third kappa shape index (κ3) is 4.01. The summed E-state index contributed by atoms with van der Waals surface area (Å²) >= 11 is 0. The van der Waals surface area contributed by atoms with Gasteiger partial charge in [0.15, 0.2) is 0 Å². The summed E-state index contributed by atoms with van der Waals surface area (Å²) in [5.41, 5.74) is 0.296. The van der Waals surface area contributed by atoms with Crippen molar-refractivity contribution in [3.63, 3.8) is 0 Å². The summed E-state index contributed by atoms with van der Waals surface area (Å²) in [6.45, 7) is 7.42. The quantitative estimate of drug-likeness (QED) is 0.792. The van der Waals surface area contributed by atoms with E-state index < -0.39 is 5.60 Å². The second-order valence-corrected chi connectivity index (χ2v) is 4.90. The summed E-state index contributed by atoms with van der Waals surface area (Å²) in [5.74, 6) is 0. The van der Waals surface area contributed by atoms with E-state index in [9.17, 15) is 4.79 Å². The highest BCUT2D eigenvalue weighted by Gasteiger charge is 2.24. The zero-order valence-corrected chi connectivity index (χ0v) is 11.0. The van der Waals surface area contributed by atoms with Crippen molar-refractivity contribution < 1.29 is 9.53 Å². The molecule has 0 aliphatic heterocycles. The summed E-state index contributed by atoms with van der Waals surface area (Å²) < 4.78 is 5.29. The SMILES string of the molecule is CC(c1ccncn1)N(C)C(=O)OC(C)(C)C. The highest BCUT2D eigenvalue weighted by molar-refractivity contribution is 5.68. The van der Waals surface area contributed by atoms with Gasteiger partial charge in [-0.1, -0.05) is 0 Å². The molecule has 1 amide bonds. The van der Waals surface area contributed by atoms with Gasteiger partial charge in [-0.25, -0.2) is 14.8 Å². The number of hydrogen-bond acceptors (Lipinski definition) is 4. The Morgan fingerprint density at radius 1 is 1.47 bits per heavy atom. The van der Waals surface area contributed by atoms with Crippen LogP contribution in [0.1, 0.15) is 39.4 Å². The first-order valence-corrected chi connectivity index (χ1v) is 5.53. The van der Waals surface area contributed by atoms with Crippen LogP contribution in [0.15, 0.2) is 18.6 Å². The van der Waals surface area contributed by atoms with Gasteiger partial charge in [0, 0.05) is 13.2 Å². The summed E-state index contributed by atoms with van der Waals surface area (Å²) in [6, 6.07) is 1.64. The third-order valence-electron chi connectivity index (χ3n) is 2.30. The molecule has 1 heterocycles. The normalized spacial score (nSPS) is 13.0. The van der Waals surface area contributed by atoms with Gasteiger partial charge in [-0.15, -0.1) is 0 Å². The Morgan fingerprint density at radius 3 is 2.59 bits per heavy atom. The molecule has 0 aliphatic rings. The van der Waals surface area contributed by atoms with Crippen molar-refractivity contribution in [1.29, 1.82) is 0 Å². The Balaban J connectivity index is 2.70. The van der Waals surface area contributed by atoms with Crippen molar-refractivity contribution >= 4 is 6.09 Å². The van der Waals surface area contributed by atoms with Crippen LogP contribution in [0.4, 0.5) is 4.79 Å². The van der Waals surface area contributed by atoms with Crippen LogP contribution in [0, 0.1) is 0 Å². The molecular weight excluding hydrogens is 218 g/mol. The Labute approximate surface area is 102 Å². The molecule has 0 bridgehead atoms. The Morgan fingerprint density at radius 2 is 2.12 bits per heavy atom. The topological polar surface area (TPSA) is 55.3 Å². The van der Waals surface area contributed by atoms with Crippen molar-refractivity contribution in [1.82, 2.24) is 14.9 Å². The van der Waals surface area contributed by atoms with Crippen molar-refractivity contribution in [3.05, 3.63) is 24.3 Å². The Kier molecular flexibility index (Phi) is 4.04. The molecular formula is C12H19N3O2. The van der Waals surface area contributed by atoms with E-state index in [1.807, 2.05) is 27.7 Å². The van der Waals surface area contributed by atoms with Gasteiger partial charge in [-0.2, -0.15) is 0 Å². The second kappa shape index (κ2) is 5.12. The predicted octanol–water partition coefficient (Wildman–Crippen LogP) is 2.40. The number of amides is 1. The predicted molar refractivity (Wildman–Crippen MR) is 64.4 cm³/mol. The van der Waals surface area contributed by atoms with Crippen LogP contribution < -0.4 is 0 Å². The lowest BCUT2D eigenvalue weighted by Crippen LogP contribution is -2.36. The van der Waals surface area contributed by atoms with Crippen molar-refractivity contribution in [3.8, 4) is 0 Å². The second-order valence-electron chi connectivity index (χ2n) is 4.90. The molecule has 0 saturated heterocycles. The van der Waals surface area contributed by atoms with Crippen LogP contribution in [0.25, 0.3) is 0 Å². The number of ether oxygens (including phenoxy) is 1. The van der Waals surface area contributed by atoms with Crippen molar-refractivity contribution in [2.45, 2.75) is 39.3 Å². The lowest BCUT2D eigenvalue weighted by molar-refractivity contribution is 0.0230. The van der Waals surface area contributed by atoms with Gasteiger partial charge in [0.1, 0.15) is 11.9 Å². The van der Waals surface area contributed by atoms with Gasteiger partial charge in [0.25, 0.3) is 0 Å². The van der Waals surface area contributed by atoms with Crippen molar-refractivity contribution in [2.24, 2.45) is 0 Å². The van der Waals surface area contributed by atoms with E-state index in [0.29, 0.717) is 0 Å². The fourth-order valence-electron chi connectivity index (χ4n) is 1.24. The molecule has 1 rings (SSSR count). The van der Waals surface area contributed by atoms with Crippen molar-refractivity contribution in [2.75, 3.05) is 7.05 Å². The molecule has 17 heavy (non-hydrogen) atoms. The third-order valence-corrected chi connectivity index (χ3v) is 2.30. The van der Waals surface area contributed by atoms with E-state index in [0.717, 1.165) is 5.69 Å². The van der Waals surface area contributed by atoms with Gasteiger partial charge >= 0.3 is 6.09 Å². The summed E-state index contributed by atoms with van der Waals surface area (Å²) in [4.78, 5) is 21.3. The van der Waals surface area contributed by atoms with Crippen LogP contribution in [0.2, 0.25) is 0 Å². The fraction of sp³-hybridized carbons (Fsp3) is 0.583. The van der Waals surface area contributed by atoms with Crippen LogP contribution >= 0.6 is 0 Å². The van der Waals surface area contributed by atoms with E-state index in [2.05, 4.69) is 9.97 Å². The maximum absolute atomic E-state index is 11.8. The average Bonchev–Trinajstić information content (AvgIpc) is 2.26. The number of rotatable bonds is 2. The molecule has 94 valence electrons. The van der Waals surface area contributed by atoms with Gasteiger partial charge in [-0.05, 0) is 33.8 Å². The molecule has 0 N–H and O–H groups in total. The average molecular weight is 237 g/mol. The minimum Gasteiger partial charge on any atom is -0.444 e. The lowest BCUT2D eigenvalue weighted by Gasteiger charge is -2.28. The first kappa shape index (κ1) is 13.4. The first-order valence-electron chi connectivity index (χ1n) is 5.53. The van der Waals surface area contributed by atoms with Crippen LogP contribution in [-0.2, 0) is 4.74 Å². The smallest absolute Gasteiger partial charge is 0.410 e. The molecule has 0 saturated carbocycles. The van der Waals surface area contributed by atoms with E-state index in [1.54, 1.807) is 19.3 Å². The molecule has 0 fully saturated rings. The number of aromatic nitrogens is 2. The summed E-state index contributed by atoms with van der Waals surface area (Å²) in [5, 5.41) is 0. The highest BCUT2D eigenvalue weighted by Crippen LogP contribution is 2.18. The number of nitrogens with zero attached hydrogens (tertiary/aromatic N) is 3. The first-order chi connectivity index (χ1) is 7.81. The Hall–Kier alpha value is -1.65. The van der Waals surface area contributed by atoms with Crippen LogP contribution in [0.3, 0.4) is 0 Å². The summed E-state index contributed by atoms with van der Waals surface area (Å²) in [6.07, 6.45) is 2.76. The van der Waals surface area contributed by atoms with Gasteiger partial charge in [0.05, 0.1) is 11.7 Å². The maximum Gasteiger partial charge on any atom is 0.410 e. The molecule has 5 nitrogen and oxygen atoms in total. The fourth-order valence-corrected chi connectivity index (χ4v) is 1.24. The number of carbonyl (C=O) groups excluding carboxylic acids is 1. The number of hydrogen-bond donors (Lipinski definition) is 0. The molecule has 0 aliphatic carbocycles. The molecule has 0 radical (unpaired) electrons. The molecule has 0 spiro atoms. The van der Waals surface area contributed by atoms with Gasteiger partial charge in [-0.3, -0.25) is 0 Å². The van der Waals surface area contributed by atoms with Crippen LogP contribution in [0.5, 0.6) is 0 Å². The standard InChI is InChI=1S/C12H19N3O2/c1-9(10-6-7-13-8-14-10)15(5)11(16)17-12(2,3)4/h6-9H,1-5H3. The Bertz CT molecular complexity index is 373. The maximum atomic E-state index is 11.8. The van der Waals surface area contributed by atoms with Crippen LogP contribution in [-0.4, -0.2) is 33.6 Å². The highest BCUT2D eigenvalue weighted by atomic mass is 16.6. The molecule has 1 atom stereocenters. The zero-order valence-electron chi connectivity index (χ0n) is 11.0. The zero-order chi connectivity index (χ0) is 13.1. The summed E-state index contributed by atoms with van der Waals surface area (Å²) in [7, 11) is 1.70. The minimum atomic E-state index is -0.489. The van der Waals surface area contributed by atoms with E-state index in [1.165, 1.54) is 11.2 Å². The molecule has 1 unspecified atom stereocenters. The molecule has 1 aromatic rings. The van der Waals surface area contributed by atoms with Gasteiger partial charge < -0.3 is 9.64 Å². The molecule has 1 aromatic heterocycles. The van der Waals surface area contributed by atoms with E-state index >= 15 is 0 Å². The van der Waals surface area contributed by atoms with E-state index in [-0.39, 0.29) is 12.1 Å². The largest absolute Gasteiger partial charge is 0.444 e. The van der Waals surface area contributed by atoms with E-state index in [4.69, 9.17) is 4.74 Å². The monoisotopic (exact) mass is 237 g/mol. The molecule has 0 aromatic carbocycles. The van der Waals surface area contributed by atoms with Gasteiger partial charge in [0.2, 0.25) is 0 Å². The lowest BCUT2D eigenvalue weighted by atomic mass is 10.2.